The molecule has 0 aliphatic carbocycles. The first kappa shape index (κ1) is 25.2. The third kappa shape index (κ3) is 5.70. The van der Waals surface area contributed by atoms with Crippen molar-refractivity contribution >= 4 is 27.3 Å². The highest BCUT2D eigenvalue weighted by Crippen LogP contribution is 2.38. The Labute approximate surface area is 203 Å². The number of aryl methyl sites for hydroxylation is 2. The number of nitrogens with zero attached hydrogens (tertiary/aromatic N) is 1. The van der Waals surface area contributed by atoms with Crippen LogP contribution in [0.3, 0.4) is 0 Å². The van der Waals surface area contributed by atoms with E-state index >= 15 is 0 Å². The molecule has 0 radical (unpaired) electrons. The summed E-state index contributed by atoms with van der Waals surface area (Å²) in [6.07, 6.45) is -3.63. The van der Waals surface area contributed by atoms with Gasteiger partial charge in [-0.2, -0.15) is 0 Å². The molecule has 3 aromatic rings. The lowest BCUT2D eigenvalue weighted by atomic mass is 9.94. The highest BCUT2D eigenvalue weighted by Gasteiger charge is 2.37. The highest BCUT2D eigenvalue weighted by molar-refractivity contribution is 7.92. The van der Waals surface area contributed by atoms with Gasteiger partial charge in [0.2, 0.25) is 0 Å². The minimum absolute atomic E-state index is 0.147. The van der Waals surface area contributed by atoms with E-state index in [9.17, 15) is 30.4 Å². The molecule has 0 aromatic heterocycles. The zero-order valence-corrected chi connectivity index (χ0v) is 19.6. The van der Waals surface area contributed by atoms with Gasteiger partial charge in [-0.05, 0) is 85.3 Å². The van der Waals surface area contributed by atoms with Gasteiger partial charge in [0.1, 0.15) is 17.4 Å². The molecule has 3 aromatic carbocycles. The Balaban J connectivity index is 1.68. The summed E-state index contributed by atoms with van der Waals surface area (Å²) in [6, 6.07) is 11.2. The number of halogens is 6. The van der Waals surface area contributed by atoms with Gasteiger partial charge in [-0.15, -0.1) is 13.2 Å². The van der Waals surface area contributed by atoms with E-state index in [1.807, 2.05) is 0 Å². The summed E-state index contributed by atoms with van der Waals surface area (Å²) in [5.41, 5.74) is 1.11. The standard InChI is InChI=1S/C24H19ClF5NO3S/c25-17-5-1-15(22(27)13-17)3-7-19-8-4-16-2-6-18(26)14-23(16)31(19)35(32,33)21-11-9-20(10-12-21)34-24(28,29)30/h1-2,5-6,9-14,19H,3-4,7-8H2. The van der Waals surface area contributed by atoms with E-state index in [-0.39, 0.29) is 28.4 Å². The Kier molecular flexibility index (Phi) is 6.97. The lowest BCUT2D eigenvalue weighted by Gasteiger charge is -2.38. The molecule has 1 atom stereocenters. The van der Waals surface area contributed by atoms with Crippen molar-refractivity contribution in [2.75, 3.05) is 4.31 Å². The number of sulfonamides is 1. The number of hydrogen-bond acceptors (Lipinski definition) is 3. The minimum atomic E-state index is -4.92. The van der Waals surface area contributed by atoms with E-state index in [1.54, 1.807) is 0 Å². The molecule has 1 aliphatic rings. The molecular weight excluding hydrogens is 513 g/mol. The predicted molar refractivity (Wildman–Crippen MR) is 121 cm³/mol. The van der Waals surface area contributed by atoms with Crippen molar-refractivity contribution in [2.24, 2.45) is 0 Å². The normalized spacial score (nSPS) is 16.2. The summed E-state index contributed by atoms with van der Waals surface area (Å²) in [4.78, 5) is -0.285. The van der Waals surface area contributed by atoms with Crippen LogP contribution >= 0.6 is 11.6 Å². The van der Waals surface area contributed by atoms with Gasteiger partial charge in [-0.1, -0.05) is 23.7 Å². The molecule has 186 valence electrons. The maximum Gasteiger partial charge on any atom is 0.573 e. The second-order valence-electron chi connectivity index (χ2n) is 8.06. The highest BCUT2D eigenvalue weighted by atomic mass is 35.5. The van der Waals surface area contributed by atoms with Crippen LogP contribution in [0.15, 0.2) is 65.6 Å². The van der Waals surface area contributed by atoms with Crippen molar-refractivity contribution in [1.29, 1.82) is 0 Å². The van der Waals surface area contributed by atoms with Gasteiger partial charge in [-0.25, -0.2) is 17.2 Å². The summed E-state index contributed by atoms with van der Waals surface area (Å²) in [5, 5.41) is 0.232. The first-order valence-corrected chi connectivity index (χ1v) is 12.4. The fourth-order valence-electron chi connectivity index (χ4n) is 4.15. The van der Waals surface area contributed by atoms with Gasteiger partial charge in [-0.3, -0.25) is 4.31 Å². The third-order valence-corrected chi connectivity index (χ3v) is 7.86. The van der Waals surface area contributed by atoms with E-state index in [0.29, 0.717) is 24.0 Å². The quantitative estimate of drug-likeness (QED) is 0.334. The Morgan fingerprint density at radius 1 is 1.00 bits per heavy atom. The SMILES string of the molecule is O=S(=O)(c1ccc(OC(F)(F)F)cc1)N1c2cc(F)ccc2CCC1CCc1ccc(Cl)cc1F. The van der Waals surface area contributed by atoms with E-state index in [4.69, 9.17) is 11.6 Å². The molecule has 0 amide bonds. The second kappa shape index (κ2) is 9.66. The fourth-order valence-corrected chi connectivity index (χ4v) is 6.05. The molecule has 0 N–H and O–H groups in total. The number of hydrogen-bond donors (Lipinski definition) is 0. The summed E-state index contributed by atoms with van der Waals surface area (Å²) in [6.45, 7) is 0. The number of rotatable bonds is 6. The van der Waals surface area contributed by atoms with Crippen molar-refractivity contribution in [1.82, 2.24) is 0 Å². The topological polar surface area (TPSA) is 46.6 Å². The summed E-state index contributed by atoms with van der Waals surface area (Å²) in [5.74, 6) is -1.73. The van der Waals surface area contributed by atoms with Crippen molar-refractivity contribution in [3.63, 3.8) is 0 Å². The largest absolute Gasteiger partial charge is 0.573 e. The van der Waals surface area contributed by atoms with E-state index in [1.165, 1.54) is 30.3 Å². The zero-order valence-electron chi connectivity index (χ0n) is 18.0. The number of alkyl halides is 3. The average molecular weight is 532 g/mol. The Bertz CT molecular complexity index is 1330. The molecule has 0 fully saturated rings. The minimum Gasteiger partial charge on any atom is -0.406 e. The van der Waals surface area contributed by atoms with Gasteiger partial charge in [0.05, 0.1) is 10.6 Å². The second-order valence-corrected chi connectivity index (χ2v) is 10.3. The molecule has 1 heterocycles. The van der Waals surface area contributed by atoms with Crippen molar-refractivity contribution < 1.29 is 35.1 Å². The fraction of sp³-hybridized carbons (Fsp3) is 0.250. The van der Waals surface area contributed by atoms with Gasteiger partial charge in [0, 0.05) is 11.1 Å². The average Bonchev–Trinajstić information content (AvgIpc) is 2.77. The molecule has 1 unspecified atom stereocenters. The number of benzene rings is 3. The number of ether oxygens (including phenoxy) is 1. The molecule has 0 saturated heterocycles. The van der Waals surface area contributed by atoms with Crippen LogP contribution in [0.4, 0.5) is 27.6 Å². The van der Waals surface area contributed by atoms with Crippen LogP contribution in [-0.2, 0) is 22.9 Å². The number of fused-ring (bicyclic) bond motifs is 1. The molecule has 11 heteroatoms. The van der Waals surface area contributed by atoms with Crippen LogP contribution in [0, 0.1) is 11.6 Å². The van der Waals surface area contributed by atoms with Crippen LogP contribution < -0.4 is 9.04 Å². The van der Waals surface area contributed by atoms with Crippen LogP contribution in [0.1, 0.15) is 24.0 Å². The van der Waals surface area contributed by atoms with E-state index in [2.05, 4.69) is 4.74 Å². The molecule has 1 aliphatic heterocycles. The van der Waals surface area contributed by atoms with Crippen LogP contribution in [0.25, 0.3) is 0 Å². The molecule has 4 nitrogen and oxygen atoms in total. The van der Waals surface area contributed by atoms with Crippen LogP contribution in [-0.4, -0.2) is 20.8 Å². The molecule has 0 saturated carbocycles. The summed E-state index contributed by atoms with van der Waals surface area (Å²) >= 11 is 5.80. The predicted octanol–water partition coefficient (Wildman–Crippen LogP) is 6.66. The smallest absolute Gasteiger partial charge is 0.406 e. The Morgan fingerprint density at radius 3 is 2.37 bits per heavy atom. The molecule has 4 rings (SSSR count). The van der Waals surface area contributed by atoms with Crippen molar-refractivity contribution in [2.45, 2.75) is 43.0 Å². The lowest BCUT2D eigenvalue weighted by molar-refractivity contribution is -0.274. The van der Waals surface area contributed by atoms with Gasteiger partial charge in [0.15, 0.2) is 0 Å². The van der Waals surface area contributed by atoms with Crippen LogP contribution in [0.5, 0.6) is 5.75 Å². The number of anilines is 1. The van der Waals surface area contributed by atoms with E-state index in [0.717, 1.165) is 34.6 Å². The Hall–Kier alpha value is -2.85. The Morgan fingerprint density at radius 2 is 1.71 bits per heavy atom. The molecule has 0 bridgehead atoms. The molecule has 0 spiro atoms. The third-order valence-electron chi connectivity index (χ3n) is 5.74. The molecule has 35 heavy (non-hydrogen) atoms. The van der Waals surface area contributed by atoms with Gasteiger partial charge < -0.3 is 4.74 Å². The lowest BCUT2D eigenvalue weighted by Crippen LogP contribution is -2.44. The summed E-state index contributed by atoms with van der Waals surface area (Å²) in [7, 11) is -4.31. The summed E-state index contributed by atoms with van der Waals surface area (Å²) < 4.78 is 98.0. The van der Waals surface area contributed by atoms with Gasteiger partial charge >= 0.3 is 6.36 Å². The zero-order chi connectivity index (χ0) is 25.4. The van der Waals surface area contributed by atoms with Crippen LogP contribution in [0.2, 0.25) is 5.02 Å². The monoisotopic (exact) mass is 531 g/mol. The van der Waals surface area contributed by atoms with Crippen molar-refractivity contribution in [3.05, 3.63) is 88.4 Å². The van der Waals surface area contributed by atoms with Crippen molar-refractivity contribution in [3.8, 4) is 5.75 Å². The first-order valence-electron chi connectivity index (χ1n) is 10.6. The maximum absolute atomic E-state index is 14.3. The maximum atomic E-state index is 14.3. The van der Waals surface area contributed by atoms with Gasteiger partial charge in [0.25, 0.3) is 10.0 Å². The first-order chi connectivity index (χ1) is 16.4. The molecular formula is C24H19ClF5NO3S. The van der Waals surface area contributed by atoms with E-state index < -0.39 is 39.8 Å².